The maximum absolute atomic E-state index is 10.9. The van der Waals surface area contributed by atoms with Crippen molar-refractivity contribution in [2.45, 2.75) is 5.03 Å². The third-order valence-electron chi connectivity index (χ3n) is 1.62. The summed E-state index contributed by atoms with van der Waals surface area (Å²) in [6, 6.07) is 9.30. The molecule has 6 heteroatoms. The van der Waals surface area contributed by atoms with E-state index in [1.54, 1.807) is 0 Å². The van der Waals surface area contributed by atoms with E-state index < -0.39 is 0 Å². The second-order valence-corrected chi connectivity index (χ2v) is 4.11. The van der Waals surface area contributed by atoms with Crippen LogP contribution in [0, 0.1) is 0 Å². The van der Waals surface area contributed by atoms with Gasteiger partial charge in [-0.2, -0.15) is 0 Å². The Balaban J connectivity index is 2.26. The minimum absolute atomic E-state index is 0.179. The monoisotopic (exact) mass is 237 g/mol. The van der Waals surface area contributed by atoms with Gasteiger partial charge in [0.2, 0.25) is 0 Å². The van der Waals surface area contributed by atoms with Gasteiger partial charge in [-0.05, 0) is 12.1 Å². The number of aromatic amines is 1. The van der Waals surface area contributed by atoms with Gasteiger partial charge in [0.05, 0.1) is 5.69 Å². The van der Waals surface area contributed by atoms with Crippen LogP contribution in [0.15, 0.2) is 50.4 Å². The Morgan fingerprint density at radius 1 is 1.20 bits per heavy atom. The zero-order chi connectivity index (χ0) is 10.7. The molecule has 0 bridgehead atoms. The molecule has 2 aromatic rings. The van der Waals surface area contributed by atoms with Crippen molar-refractivity contribution in [3.63, 3.8) is 0 Å². The predicted octanol–water partition coefficient (Wildman–Crippen LogP) is 3.14. The lowest BCUT2D eigenvalue weighted by molar-refractivity contribution is 1.13. The average molecular weight is 237 g/mol. The largest absolute Gasteiger partial charge is 0.307 e. The van der Waals surface area contributed by atoms with Crippen LogP contribution in [0.4, 0.5) is 10.7 Å². The summed E-state index contributed by atoms with van der Waals surface area (Å²) in [5.74, 6) is 0. The number of nitrogens with one attached hydrogen (secondary N) is 1. The first-order valence-electron chi connectivity index (χ1n) is 4.14. The Kier molecular flexibility index (Phi) is 2.98. The first kappa shape index (κ1) is 10.1. The Morgan fingerprint density at radius 3 is 2.53 bits per heavy atom. The second-order valence-electron chi connectivity index (χ2n) is 2.70. The lowest BCUT2D eigenvalue weighted by Crippen LogP contribution is -1.89. The summed E-state index contributed by atoms with van der Waals surface area (Å²) in [4.78, 5) is 13.3. The Morgan fingerprint density at radius 2 is 1.93 bits per heavy atom. The van der Waals surface area contributed by atoms with Crippen molar-refractivity contribution in [1.29, 1.82) is 0 Å². The number of thiol groups is 1. The summed E-state index contributed by atoms with van der Waals surface area (Å²) < 4.78 is 0. The molecule has 0 saturated heterocycles. The number of benzene rings is 1. The van der Waals surface area contributed by atoms with Crippen LogP contribution >= 0.6 is 24.0 Å². The normalized spacial score (nSPS) is 11.0. The van der Waals surface area contributed by atoms with Gasteiger partial charge in [-0.25, -0.2) is 0 Å². The molecule has 0 aliphatic heterocycles. The average Bonchev–Trinajstić information content (AvgIpc) is 2.56. The highest BCUT2D eigenvalue weighted by atomic mass is 32.1. The van der Waals surface area contributed by atoms with E-state index >= 15 is 0 Å². The summed E-state index contributed by atoms with van der Waals surface area (Å²) in [6.45, 7) is 0. The molecule has 0 amide bonds. The molecule has 76 valence electrons. The highest BCUT2D eigenvalue weighted by Gasteiger charge is 2.02. The SMILES string of the molecule is O=c1[nH]c(S)c(N=Nc2ccccc2)s1. The summed E-state index contributed by atoms with van der Waals surface area (Å²) >= 11 is 5.05. The van der Waals surface area contributed by atoms with Gasteiger partial charge < -0.3 is 4.98 Å². The van der Waals surface area contributed by atoms with Gasteiger partial charge >= 0.3 is 4.87 Å². The zero-order valence-corrected chi connectivity index (χ0v) is 9.26. The van der Waals surface area contributed by atoms with Crippen molar-refractivity contribution in [2.24, 2.45) is 10.2 Å². The standard InChI is InChI=1S/C9H7N3OS2/c13-9-10-7(14)8(15-9)12-11-6-4-2-1-3-5-6/h1-5,14H,(H,10,13). The smallest absolute Gasteiger partial charge is 0.306 e. The minimum atomic E-state index is -0.179. The second kappa shape index (κ2) is 4.41. The third-order valence-corrected chi connectivity index (χ3v) is 2.87. The van der Waals surface area contributed by atoms with Crippen LogP contribution in [0.1, 0.15) is 0 Å². The lowest BCUT2D eigenvalue weighted by atomic mass is 10.3. The highest BCUT2D eigenvalue weighted by Crippen LogP contribution is 2.25. The number of thiazole rings is 1. The highest BCUT2D eigenvalue weighted by molar-refractivity contribution is 7.80. The Hall–Kier alpha value is -1.40. The molecule has 0 atom stereocenters. The van der Waals surface area contributed by atoms with Gasteiger partial charge in [-0.15, -0.1) is 22.9 Å². The van der Waals surface area contributed by atoms with Gasteiger partial charge in [-0.3, -0.25) is 4.79 Å². The number of azo groups is 1. The molecule has 0 unspecified atom stereocenters. The first-order chi connectivity index (χ1) is 7.25. The topological polar surface area (TPSA) is 57.6 Å². The van der Waals surface area contributed by atoms with Gasteiger partial charge in [0, 0.05) is 0 Å². The van der Waals surface area contributed by atoms with E-state index in [1.165, 1.54) is 0 Å². The number of aromatic nitrogens is 1. The van der Waals surface area contributed by atoms with Crippen molar-refractivity contribution in [3.05, 3.63) is 40.0 Å². The summed E-state index contributed by atoms with van der Waals surface area (Å²) in [5.41, 5.74) is 0.742. The summed E-state index contributed by atoms with van der Waals surface area (Å²) in [6.07, 6.45) is 0. The predicted molar refractivity (Wildman–Crippen MR) is 62.8 cm³/mol. The number of rotatable bonds is 2. The Labute approximate surface area is 95.1 Å². The van der Waals surface area contributed by atoms with E-state index in [1.807, 2.05) is 30.3 Å². The van der Waals surface area contributed by atoms with Crippen molar-refractivity contribution >= 4 is 34.7 Å². The van der Waals surface area contributed by atoms with Gasteiger partial charge in [0.25, 0.3) is 0 Å². The molecule has 0 aliphatic carbocycles. The van der Waals surface area contributed by atoms with Crippen LogP contribution in [0.5, 0.6) is 0 Å². The molecule has 0 radical (unpaired) electrons. The molecule has 2 rings (SSSR count). The number of nitrogens with zero attached hydrogens (tertiary/aromatic N) is 2. The Bertz CT molecular complexity index is 530. The summed E-state index contributed by atoms with van der Waals surface area (Å²) in [5, 5.41) is 8.85. The van der Waals surface area contributed by atoms with Crippen molar-refractivity contribution in [3.8, 4) is 0 Å². The van der Waals surface area contributed by atoms with Gasteiger partial charge in [0.15, 0.2) is 5.00 Å². The molecule has 0 fully saturated rings. The maximum atomic E-state index is 10.9. The third kappa shape index (κ3) is 2.54. The molecule has 4 nitrogen and oxygen atoms in total. The fourth-order valence-corrected chi connectivity index (χ4v) is 1.89. The maximum Gasteiger partial charge on any atom is 0.307 e. The van der Waals surface area contributed by atoms with Crippen LogP contribution in [0.2, 0.25) is 0 Å². The van der Waals surface area contributed by atoms with Crippen LogP contribution in [0.25, 0.3) is 0 Å². The minimum Gasteiger partial charge on any atom is -0.306 e. The molecular formula is C9H7N3OS2. The molecule has 1 aromatic carbocycles. The molecule has 0 aliphatic rings. The fraction of sp³-hybridized carbons (Fsp3) is 0. The number of hydrogen-bond donors (Lipinski definition) is 2. The van der Waals surface area contributed by atoms with Crippen molar-refractivity contribution in [2.75, 3.05) is 0 Å². The van der Waals surface area contributed by atoms with E-state index in [9.17, 15) is 4.79 Å². The van der Waals surface area contributed by atoms with Crippen molar-refractivity contribution < 1.29 is 0 Å². The van der Waals surface area contributed by atoms with Crippen LogP contribution < -0.4 is 4.87 Å². The van der Waals surface area contributed by atoms with E-state index in [-0.39, 0.29) is 4.87 Å². The molecule has 1 heterocycles. The molecule has 1 N–H and O–H groups in total. The van der Waals surface area contributed by atoms with Crippen LogP contribution in [-0.4, -0.2) is 4.98 Å². The van der Waals surface area contributed by atoms with Gasteiger partial charge in [-0.1, -0.05) is 29.5 Å². The molecule has 15 heavy (non-hydrogen) atoms. The first-order valence-corrected chi connectivity index (χ1v) is 5.41. The fourth-order valence-electron chi connectivity index (χ4n) is 0.977. The van der Waals surface area contributed by atoms with Crippen molar-refractivity contribution in [1.82, 2.24) is 4.98 Å². The molecular weight excluding hydrogens is 230 g/mol. The van der Waals surface area contributed by atoms with E-state index in [2.05, 4.69) is 27.8 Å². The van der Waals surface area contributed by atoms with E-state index in [4.69, 9.17) is 0 Å². The molecule has 0 spiro atoms. The van der Waals surface area contributed by atoms with Crippen LogP contribution in [-0.2, 0) is 0 Å². The van der Waals surface area contributed by atoms with Crippen LogP contribution in [0.3, 0.4) is 0 Å². The lowest BCUT2D eigenvalue weighted by Gasteiger charge is -1.89. The number of H-pyrrole nitrogens is 1. The molecule has 0 saturated carbocycles. The zero-order valence-electron chi connectivity index (χ0n) is 7.54. The van der Waals surface area contributed by atoms with E-state index in [0.29, 0.717) is 10.0 Å². The van der Waals surface area contributed by atoms with E-state index in [0.717, 1.165) is 17.0 Å². The summed E-state index contributed by atoms with van der Waals surface area (Å²) in [7, 11) is 0. The van der Waals surface area contributed by atoms with Gasteiger partial charge in [0.1, 0.15) is 5.03 Å². The number of hydrogen-bond acceptors (Lipinski definition) is 5. The quantitative estimate of drug-likeness (QED) is 0.612. The molecule has 1 aromatic heterocycles.